The second-order valence-corrected chi connectivity index (χ2v) is 4.80. The molecule has 1 aromatic rings. The number of carbonyl (C=O) groups is 1. The molecule has 0 N–H and O–H groups in total. The van der Waals surface area contributed by atoms with Crippen LogP contribution < -0.4 is 4.90 Å². The predicted molar refractivity (Wildman–Crippen MR) is 76.2 cm³/mol. The summed E-state index contributed by atoms with van der Waals surface area (Å²) in [5, 5.41) is 0. The molecule has 1 heterocycles. The summed E-state index contributed by atoms with van der Waals surface area (Å²) in [7, 11) is 0. The van der Waals surface area contributed by atoms with Crippen LogP contribution in [0.15, 0.2) is 24.3 Å². The Morgan fingerprint density at radius 3 is 2.74 bits per heavy atom. The van der Waals surface area contributed by atoms with Gasteiger partial charge in [-0.25, -0.2) is 0 Å². The molecule has 2 rings (SSSR count). The van der Waals surface area contributed by atoms with Crippen LogP contribution in [0.4, 0.5) is 5.69 Å². The van der Waals surface area contributed by atoms with Gasteiger partial charge < -0.3 is 14.5 Å². The molecule has 0 aromatic heterocycles. The maximum atomic E-state index is 11.5. The van der Waals surface area contributed by atoms with E-state index in [1.54, 1.807) is 6.92 Å². The first-order valence-corrected chi connectivity index (χ1v) is 6.88. The molecule has 0 saturated carbocycles. The van der Waals surface area contributed by atoms with E-state index in [0.29, 0.717) is 6.54 Å². The zero-order chi connectivity index (χ0) is 13.7. The predicted octanol–water partition coefficient (Wildman–Crippen LogP) is 1.89. The van der Waals surface area contributed by atoms with Gasteiger partial charge in [-0.15, -0.1) is 0 Å². The van der Waals surface area contributed by atoms with Crippen LogP contribution in [-0.2, 0) is 16.1 Å². The molecular weight excluding hydrogens is 240 g/mol. The highest BCUT2D eigenvalue weighted by Crippen LogP contribution is 2.18. The lowest BCUT2D eigenvalue weighted by Gasteiger charge is -2.29. The number of hydrogen-bond donors (Lipinski definition) is 0. The van der Waals surface area contributed by atoms with Crippen molar-refractivity contribution in [2.75, 3.05) is 37.7 Å². The van der Waals surface area contributed by atoms with Crippen LogP contribution >= 0.6 is 0 Å². The third kappa shape index (κ3) is 3.70. The Hall–Kier alpha value is -1.55. The number of morpholine rings is 1. The highest BCUT2D eigenvalue weighted by atomic mass is 16.5. The van der Waals surface area contributed by atoms with Gasteiger partial charge in [-0.05, 0) is 24.6 Å². The molecule has 1 aliphatic heterocycles. The molecule has 0 bridgehead atoms. The molecule has 1 amide bonds. The summed E-state index contributed by atoms with van der Waals surface area (Å²) in [5.41, 5.74) is 2.40. The van der Waals surface area contributed by atoms with E-state index >= 15 is 0 Å². The summed E-state index contributed by atoms with van der Waals surface area (Å²) < 4.78 is 5.37. The molecule has 104 valence electrons. The maximum Gasteiger partial charge on any atom is 0.219 e. The van der Waals surface area contributed by atoms with Crippen molar-refractivity contribution in [1.29, 1.82) is 0 Å². The molecule has 1 aliphatic rings. The molecule has 1 aromatic carbocycles. The zero-order valence-electron chi connectivity index (χ0n) is 11.8. The van der Waals surface area contributed by atoms with E-state index in [1.165, 1.54) is 11.3 Å². The zero-order valence-corrected chi connectivity index (χ0v) is 11.8. The molecule has 0 aliphatic carbocycles. The van der Waals surface area contributed by atoms with Crippen LogP contribution in [0.1, 0.15) is 19.4 Å². The van der Waals surface area contributed by atoms with E-state index in [1.807, 2.05) is 11.8 Å². The Morgan fingerprint density at radius 1 is 1.37 bits per heavy atom. The van der Waals surface area contributed by atoms with E-state index in [-0.39, 0.29) is 5.91 Å². The highest BCUT2D eigenvalue weighted by molar-refractivity contribution is 5.73. The highest BCUT2D eigenvalue weighted by Gasteiger charge is 2.12. The Labute approximate surface area is 115 Å². The van der Waals surface area contributed by atoms with Crippen molar-refractivity contribution in [3.8, 4) is 0 Å². The lowest BCUT2D eigenvalue weighted by molar-refractivity contribution is -0.129. The van der Waals surface area contributed by atoms with Crippen molar-refractivity contribution >= 4 is 11.6 Å². The van der Waals surface area contributed by atoms with Crippen molar-refractivity contribution in [3.05, 3.63) is 29.8 Å². The van der Waals surface area contributed by atoms with E-state index in [2.05, 4.69) is 29.2 Å². The standard InChI is InChI=1S/C15H22N2O2/c1-3-16(13(2)18)12-14-5-4-6-15(11-14)17-7-9-19-10-8-17/h4-6,11H,3,7-10,12H2,1-2H3. The molecule has 0 radical (unpaired) electrons. The maximum absolute atomic E-state index is 11.5. The first-order valence-electron chi connectivity index (χ1n) is 6.88. The minimum atomic E-state index is 0.124. The molecule has 1 fully saturated rings. The first-order chi connectivity index (χ1) is 9.20. The average molecular weight is 262 g/mol. The third-order valence-electron chi connectivity index (χ3n) is 3.49. The molecule has 0 spiro atoms. The van der Waals surface area contributed by atoms with Crippen LogP contribution in [0.3, 0.4) is 0 Å². The average Bonchev–Trinajstić information content (AvgIpc) is 2.45. The largest absolute Gasteiger partial charge is 0.378 e. The Kier molecular flexibility index (Phi) is 4.80. The van der Waals surface area contributed by atoms with E-state index in [0.717, 1.165) is 32.8 Å². The van der Waals surface area contributed by atoms with Gasteiger partial charge in [-0.3, -0.25) is 4.79 Å². The van der Waals surface area contributed by atoms with Gasteiger partial charge in [-0.1, -0.05) is 12.1 Å². The Morgan fingerprint density at radius 2 is 2.11 bits per heavy atom. The number of nitrogens with zero attached hydrogens (tertiary/aromatic N) is 2. The van der Waals surface area contributed by atoms with Crippen molar-refractivity contribution in [2.24, 2.45) is 0 Å². The topological polar surface area (TPSA) is 32.8 Å². The normalized spacial score (nSPS) is 15.4. The van der Waals surface area contributed by atoms with E-state index in [9.17, 15) is 4.79 Å². The van der Waals surface area contributed by atoms with Crippen molar-refractivity contribution in [2.45, 2.75) is 20.4 Å². The lowest BCUT2D eigenvalue weighted by atomic mass is 10.1. The smallest absolute Gasteiger partial charge is 0.219 e. The minimum Gasteiger partial charge on any atom is -0.378 e. The number of ether oxygens (including phenoxy) is 1. The summed E-state index contributed by atoms with van der Waals surface area (Å²) in [6, 6.07) is 8.44. The number of anilines is 1. The summed E-state index contributed by atoms with van der Waals surface area (Å²) in [6.07, 6.45) is 0. The third-order valence-corrected chi connectivity index (χ3v) is 3.49. The second kappa shape index (κ2) is 6.57. The Bertz CT molecular complexity index is 428. The fourth-order valence-corrected chi connectivity index (χ4v) is 2.34. The molecule has 19 heavy (non-hydrogen) atoms. The van der Waals surface area contributed by atoms with Crippen LogP contribution in [-0.4, -0.2) is 43.7 Å². The van der Waals surface area contributed by atoms with Gasteiger partial charge in [0.2, 0.25) is 5.91 Å². The van der Waals surface area contributed by atoms with Gasteiger partial charge in [-0.2, -0.15) is 0 Å². The van der Waals surface area contributed by atoms with Gasteiger partial charge >= 0.3 is 0 Å². The molecular formula is C15H22N2O2. The van der Waals surface area contributed by atoms with Crippen molar-refractivity contribution < 1.29 is 9.53 Å². The van der Waals surface area contributed by atoms with Crippen LogP contribution in [0.5, 0.6) is 0 Å². The SMILES string of the molecule is CCN(Cc1cccc(N2CCOCC2)c1)C(C)=O. The lowest BCUT2D eigenvalue weighted by Crippen LogP contribution is -2.36. The first kappa shape index (κ1) is 13.9. The second-order valence-electron chi connectivity index (χ2n) is 4.80. The van der Waals surface area contributed by atoms with Crippen molar-refractivity contribution in [3.63, 3.8) is 0 Å². The fourth-order valence-electron chi connectivity index (χ4n) is 2.34. The van der Waals surface area contributed by atoms with Crippen molar-refractivity contribution in [1.82, 2.24) is 4.90 Å². The number of hydrogen-bond acceptors (Lipinski definition) is 3. The van der Waals surface area contributed by atoms with Crippen LogP contribution in [0.25, 0.3) is 0 Å². The molecule has 0 unspecified atom stereocenters. The molecule has 0 atom stereocenters. The van der Waals surface area contributed by atoms with Gasteiger partial charge in [0, 0.05) is 38.8 Å². The summed E-state index contributed by atoms with van der Waals surface area (Å²) in [4.78, 5) is 15.6. The van der Waals surface area contributed by atoms with Crippen LogP contribution in [0, 0.1) is 0 Å². The Balaban J connectivity index is 2.07. The fraction of sp³-hybridized carbons (Fsp3) is 0.533. The molecule has 4 nitrogen and oxygen atoms in total. The molecule has 4 heteroatoms. The van der Waals surface area contributed by atoms with Crippen LogP contribution in [0.2, 0.25) is 0 Å². The summed E-state index contributed by atoms with van der Waals surface area (Å²) in [5.74, 6) is 0.124. The van der Waals surface area contributed by atoms with Gasteiger partial charge in [0.05, 0.1) is 13.2 Å². The minimum absolute atomic E-state index is 0.124. The quantitative estimate of drug-likeness (QED) is 0.830. The van der Waals surface area contributed by atoms with Gasteiger partial charge in [0.15, 0.2) is 0 Å². The summed E-state index contributed by atoms with van der Waals surface area (Å²) >= 11 is 0. The van der Waals surface area contributed by atoms with E-state index in [4.69, 9.17) is 4.74 Å². The van der Waals surface area contributed by atoms with Gasteiger partial charge in [0.25, 0.3) is 0 Å². The monoisotopic (exact) mass is 262 g/mol. The van der Waals surface area contributed by atoms with E-state index < -0.39 is 0 Å². The number of rotatable bonds is 4. The molecule has 1 saturated heterocycles. The van der Waals surface area contributed by atoms with Gasteiger partial charge in [0.1, 0.15) is 0 Å². The number of benzene rings is 1. The summed E-state index contributed by atoms with van der Waals surface area (Å²) in [6.45, 7) is 8.52. The number of amides is 1. The number of carbonyl (C=O) groups excluding carboxylic acids is 1.